The molecular weight excluding hydrogens is 516 g/mol. The second kappa shape index (κ2) is 12.2. The zero-order valence-corrected chi connectivity index (χ0v) is 23.6. The first-order valence-electron chi connectivity index (χ1n) is 12.9. The second-order valence-electron chi connectivity index (χ2n) is 8.83. The van der Waals surface area contributed by atoms with E-state index in [0.717, 1.165) is 39.1 Å². The number of hydrogen-bond donors (Lipinski definition) is 1. The average Bonchev–Trinajstić information content (AvgIpc) is 3.41. The molecule has 0 fully saturated rings. The van der Waals surface area contributed by atoms with E-state index in [0.29, 0.717) is 24.4 Å². The van der Waals surface area contributed by atoms with E-state index in [1.807, 2.05) is 73.9 Å². The molecule has 0 saturated heterocycles. The van der Waals surface area contributed by atoms with Crippen molar-refractivity contribution in [3.8, 4) is 5.75 Å². The number of aromatic nitrogens is 1. The van der Waals surface area contributed by atoms with Crippen molar-refractivity contribution in [3.05, 3.63) is 81.4 Å². The van der Waals surface area contributed by atoms with Crippen molar-refractivity contribution in [2.45, 2.75) is 47.8 Å². The number of carbonyl (C=O) groups is 3. The minimum Gasteiger partial charge on any atom is -0.494 e. The number of amides is 1. The summed E-state index contributed by atoms with van der Waals surface area (Å²) in [7, 11) is 0. The molecule has 0 atom stereocenters. The Balaban J connectivity index is 1.69. The molecule has 9 heteroatoms. The highest BCUT2D eigenvalue weighted by Gasteiger charge is 2.29. The topological polar surface area (TPSA) is 95.9 Å². The van der Waals surface area contributed by atoms with E-state index >= 15 is 0 Å². The zero-order chi connectivity index (χ0) is 28.1. The van der Waals surface area contributed by atoms with Crippen LogP contribution in [0.25, 0.3) is 10.9 Å². The van der Waals surface area contributed by atoms with Gasteiger partial charge in [0.1, 0.15) is 27.9 Å². The molecule has 4 rings (SSSR count). The van der Waals surface area contributed by atoms with Crippen LogP contribution in [0, 0.1) is 13.8 Å². The Morgan fingerprint density at radius 3 is 2.31 bits per heavy atom. The molecule has 0 radical (unpaired) electrons. The van der Waals surface area contributed by atoms with Crippen LogP contribution in [0.2, 0.25) is 0 Å². The molecular formula is C30H32N2O6S. The Hall–Kier alpha value is -4.11. The molecule has 1 N–H and O–H groups in total. The molecule has 0 bridgehead atoms. The normalized spacial score (nSPS) is 10.9. The Bertz CT molecular complexity index is 1520. The minimum atomic E-state index is -0.613. The van der Waals surface area contributed by atoms with Gasteiger partial charge in [-0.1, -0.05) is 30.3 Å². The fourth-order valence-electron chi connectivity index (χ4n) is 4.58. The molecule has 204 valence electrons. The van der Waals surface area contributed by atoms with Gasteiger partial charge in [-0.05, 0) is 69.5 Å². The number of nitrogens with zero attached hydrogens (tertiary/aromatic N) is 1. The van der Waals surface area contributed by atoms with Crippen LogP contribution in [-0.2, 0) is 22.6 Å². The fraction of sp³-hybridized carbons (Fsp3) is 0.300. The number of benzene rings is 2. The summed E-state index contributed by atoms with van der Waals surface area (Å²) in [4.78, 5) is 39.9. The molecule has 8 nitrogen and oxygen atoms in total. The lowest BCUT2D eigenvalue weighted by Crippen LogP contribution is -2.19. The van der Waals surface area contributed by atoms with Crippen LogP contribution in [0.15, 0.2) is 48.5 Å². The van der Waals surface area contributed by atoms with E-state index in [1.165, 1.54) is 0 Å². The number of aryl methyl sites for hydroxylation is 2. The number of anilines is 1. The molecule has 0 aliphatic heterocycles. The van der Waals surface area contributed by atoms with Crippen LogP contribution in [0.3, 0.4) is 0 Å². The molecule has 0 aliphatic carbocycles. The van der Waals surface area contributed by atoms with Gasteiger partial charge < -0.3 is 24.1 Å². The standard InChI is InChI=1S/C30H32N2O6S/c1-6-32-23-15-14-21(36-7-2)16-22(23)18(4)25(32)27(33)31-28-24(29(34)37-8-3)19(5)26(39-28)30(35)38-17-20-12-10-9-11-13-20/h9-16H,6-8,17H2,1-5H3,(H,31,33). The number of esters is 2. The number of fused-ring (bicyclic) bond motifs is 1. The summed E-state index contributed by atoms with van der Waals surface area (Å²) in [5.74, 6) is -0.850. The third-order valence-corrected chi connectivity index (χ3v) is 7.57. The van der Waals surface area contributed by atoms with Gasteiger partial charge in [-0.3, -0.25) is 4.79 Å². The Morgan fingerprint density at radius 1 is 0.897 bits per heavy atom. The van der Waals surface area contributed by atoms with Gasteiger partial charge in [0.15, 0.2) is 0 Å². The van der Waals surface area contributed by atoms with Crippen molar-refractivity contribution in [3.63, 3.8) is 0 Å². The maximum absolute atomic E-state index is 13.7. The lowest BCUT2D eigenvalue weighted by Gasteiger charge is -2.10. The monoisotopic (exact) mass is 548 g/mol. The summed E-state index contributed by atoms with van der Waals surface area (Å²) in [6.07, 6.45) is 0. The number of ether oxygens (including phenoxy) is 3. The smallest absolute Gasteiger partial charge is 0.349 e. The van der Waals surface area contributed by atoms with E-state index in [1.54, 1.807) is 13.8 Å². The molecule has 4 aromatic rings. The molecule has 2 aromatic carbocycles. The largest absolute Gasteiger partial charge is 0.494 e. The van der Waals surface area contributed by atoms with Crippen LogP contribution in [0.1, 0.15) is 68.0 Å². The van der Waals surface area contributed by atoms with Crippen LogP contribution >= 0.6 is 11.3 Å². The molecule has 0 aliphatic rings. The van der Waals surface area contributed by atoms with Gasteiger partial charge in [0.2, 0.25) is 0 Å². The lowest BCUT2D eigenvalue weighted by molar-refractivity contribution is 0.0477. The number of hydrogen-bond acceptors (Lipinski definition) is 7. The second-order valence-corrected chi connectivity index (χ2v) is 9.85. The predicted molar refractivity (Wildman–Crippen MR) is 152 cm³/mol. The summed E-state index contributed by atoms with van der Waals surface area (Å²) in [5, 5.41) is 4.04. The summed E-state index contributed by atoms with van der Waals surface area (Å²) < 4.78 is 18.3. The highest BCUT2D eigenvalue weighted by Crippen LogP contribution is 2.36. The SMILES string of the molecule is CCOC(=O)c1c(NC(=O)c2c(C)c3cc(OCC)ccc3n2CC)sc(C(=O)OCc2ccccc2)c1C. The van der Waals surface area contributed by atoms with Crippen molar-refractivity contribution in [1.29, 1.82) is 0 Å². The summed E-state index contributed by atoms with van der Waals surface area (Å²) in [6.45, 7) is 10.5. The van der Waals surface area contributed by atoms with E-state index in [9.17, 15) is 14.4 Å². The van der Waals surface area contributed by atoms with Crippen molar-refractivity contribution >= 4 is 45.1 Å². The van der Waals surface area contributed by atoms with Crippen LogP contribution in [0.4, 0.5) is 5.00 Å². The highest BCUT2D eigenvalue weighted by atomic mass is 32.1. The van der Waals surface area contributed by atoms with E-state index < -0.39 is 11.9 Å². The quantitative estimate of drug-likeness (QED) is 0.227. The maximum atomic E-state index is 13.7. The molecule has 39 heavy (non-hydrogen) atoms. The number of carbonyl (C=O) groups excluding carboxylic acids is 3. The summed E-state index contributed by atoms with van der Waals surface area (Å²) in [5.41, 5.74) is 3.56. The molecule has 2 aromatic heterocycles. The van der Waals surface area contributed by atoms with Crippen molar-refractivity contribution in [2.75, 3.05) is 18.5 Å². The van der Waals surface area contributed by atoms with Gasteiger partial charge >= 0.3 is 11.9 Å². The van der Waals surface area contributed by atoms with Crippen LogP contribution in [0.5, 0.6) is 5.75 Å². The minimum absolute atomic E-state index is 0.0903. The van der Waals surface area contributed by atoms with Crippen molar-refractivity contribution < 1.29 is 28.6 Å². The molecule has 0 unspecified atom stereocenters. The van der Waals surface area contributed by atoms with Crippen molar-refractivity contribution in [2.24, 2.45) is 0 Å². The fourth-order valence-corrected chi connectivity index (χ4v) is 5.66. The predicted octanol–water partition coefficient (Wildman–Crippen LogP) is 6.52. The van der Waals surface area contributed by atoms with Crippen LogP contribution in [-0.4, -0.2) is 35.6 Å². The highest BCUT2D eigenvalue weighted by molar-refractivity contribution is 7.18. The average molecular weight is 549 g/mol. The third kappa shape index (κ3) is 5.68. The third-order valence-electron chi connectivity index (χ3n) is 6.38. The van der Waals surface area contributed by atoms with Gasteiger partial charge in [-0.25, -0.2) is 9.59 Å². The van der Waals surface area contributed by atoms with Gasteiger partial charge in [0.25, 0.3) is 5.91 Å². The van der Waals surface area contributed by atoms with Crippen LogP contribution < -0.4 is 10.1 Å². The van der Waals surface area contributed by atoms with E-state index in [4.69, 9.17) is 14.2 Å². The number of thiophene rings is 1. The van der Waals surface area contributed by atoms with Gasteiger partial charge in [0.05, 0.1) is 18.8 Å². The van der Waals surface area contributed by atoms with Gasteiger partial charge in [0, 0.05) is 17.4 Å². The summed E-state index contributed by atoms with van der Waals surface area (Å²) >= 11 is 1.01. The first-order valence-corrected chi connectivity index (χ1v) is 13.7. The number of nitrogens with one attached hydrogen (secondary N) is 1. The van der Waals surface area contributed by atoms with Crippen molar-refractivity contribution in [1.82, 2.24) is 4.57 Å². The summed E-state index contributed by atoms with van der Waals surface area (Å²) in [6, 6.07) is 15.1. The number of rotatable bonds is 10. The molecule has 2 heterocycles. The van der Waals surface area contributed by atoms with E-state index in [2.05, 4.69) is 5.32 Å². The molecule has 0 saturated carbocycles. The Kier molecular flexibility index (Phi) is 8.71. The maximum Gasteiger partial charge on any atom is 0.349 e. The van der Waals surface area contributed by atoms with Gasteiger partial charge in [-0.15, -0.1) is 11.3 Å². The zero-order valence-electron chi connectivity index (χ0n) is 22.8. The Morgan fingerprint density at radius 2 is 1.64 bits per heavy atom. The van der Waals surface area contributed by atoms with Gasteiger partial charge in [-0.2, -0.15) is 0 Å². The Labute approximate surface area is 231 Å². The lowest BCUT2D eigenvalue weighted by atomic mass is 10.1. The molecule has 0 spiro atoms. The van der Waals surface area contributed by atoms with E-state index in [-0.39, 0.29) is 34.6 Å². The first-order chi connectivity index (χ1) is 18.8. The first kappa shape index (κ1) is 27.9. The molecule has 1 amide bonds.